The third-order valence-electron chi connectivity index (χ3n) is 1.56. The van der Waals surface area contributed by atoms with E-state index >= 15 is 0 Å². The van der Waals surface area contributed by atoms with Crippen LogP contribution in [0.15, 0.2) is 35.1 Å². The molecule has 0 aliphatic heterocycles. The van der Waals surface area contributed by atoms with Gasteiger partial charge in [-0.05, 0) is 45.0 Å². The van der Waals surface area contributed by atoms with Crippen molar-refractivity contribution in [1.29, 1.82) is 0 Å². The lowest BCUT2D eigenvalue weighted by atomic mass is 10.3. The standard InChI is InChI=1S/C8H5NOS3/c10-7-9(8(11)13-12-7)6-4-2-1-3-5-6/h1-5H. The summed E-state index contributed by atoms with van der Waals surface area (Å²) in [5, 5.41) is 0. The first-order valence-electron chi connectivity index (χ1n) is 3.56. The molecule has 0 fully saturated rings. The van der Waals surface area contributed by atoms with Gasteiger partial charge in [-0.3, -0.25) is 4.79 Å². The van der Waals surface area contributed by atoms with Gasteiger partial charge in [-0.25, -0.2) is 4.57 Å². The third-order valence-corrected chi connectivity index (χ3v) is 4.20. The maximum Gasteiger partial charge on any atom is 0.323 e. The molecule has 2 aromatic rings. The fraction of sp³-hybridized carbons (Fsp3) is 0. The van der Waals surface area contributed by atoms with Crippen LogP contribution in [-0.4, -0.2) is 4.57 Å². The second-order valence-corrected chi connectivity index (χ2v) is 5.08. The van der Waals surface area contributed by atoms with Crippen molar-refractivity contribution >= 4 is 32.9 Å². The van der Waals surface area contributed by atoms with E-state index in [1.54, 1.807) is 4.57 Å². The summed E-state index contributed by atoms with van der Waals surface area (Å²) in [6.07, 6.45) is 0. The van der Waals surface area contributed by atoms with Gasteiger partial charge in [0.25, 0.3) is 0 Å². The fourth-order valence-corrected chi connectivity index (χ4v) is 3.17. The lowest BCUT2D eigenvalue weighted by Gasteiger charge is -1.97. The Labute approximate surface area is 87.1 Å². The van der Waals surface area contributed by atoms with Gasteiger partial charge in [0.15, 0.2) is 3.95 Å². The van der Waals surface area contributed by atoms with Crippen molar-refractivity contribution in [2.75, 3.05) is 0 Å². The van der Waals surface area contributed by atoms with E-state index in [1.807, 2.05) is 30.3 Å². The fourth-order valence-electron chi connectivity index (χ4n) is 1.01. The van der Waals surface area contributed by atoms with Crippen molar-refractivity contribution in [3.8, 4) is 5.69 Å². The van der Waals surface area contributed by atoms with Crippen molar-refractivity contribution in [1.82, 2.24) is 4.57 Å². The average Bonchev–Trinajstić information content (AvgIpc) is 2.48. The van der Waals surface area contributed by atoms with E-state index in [-0.39, 0.29) is 4.87 Å². The van der Waals surface area contributed by atoms with Gasteiger partial charge in [0.2, 0.25) is 0 Å². The molecule has 0 aliphatic rings. The van der Waals surface area contributed by atoms with E-state index in [2.05, 4.69) is 0 Å². The maximum atomic E-state index is 11.4. The van der Waals surface area contributed by atoms with Gasteiger partial charge >= 0.3 is 4.87 Å². The molecule has 1 aromatic heterocycles. The van der Waals surface area contributed by atoms with Gasteiger partial charge in [0.05, 0.1) is 5.69 Å². The molecule has 5 heteroatoms. The molecule has 2 rings (SSSR count). The molecular weight excluding hydrogens is 222 g/mol. The monoisotopic (exact) mass is 227 g/mol. The van der Waals surface area contributed by atoms with Gasteiger partial charge in [-0.2, -0.15) is 0 Å². The summed E-state index contributed by atoms with van der Waals surface area (Å²) in [7, 11) is 2.50. The van der Waals surface area contributed by atoms with E-state index in [0.717, 1.165) is 5.69 Å². The molecule has 0 saturated heterocycles. The molecule has 0 aliphatic carbocycles. The van der Waals surface area contributed by atoms with Crippen LogP contribution in [0.4, 0.5) is 0 Å². The van der Waals surface area contributed by atoms with Gasteiger partial charge in [0.1, 0.15) is 0 Å². The lowest BCUT2D eigenvalue weighted by molar-refractivity contribution is 1.04. The summed E-state index contributed by atoms with van der Waals surface area (Å²) in [5.74, 6) is 0. The number of hydrogen-bond acceptors (Lipinski definition) is 4. The number of aromatic nitrogens is 1. The van der Waals surface area contributed by atoms with E-state index in [9.17, 15) is 4.79 Å². The molecule has 0 radical (unpaired) electrons. The minimum absolute atomic E-state index is 0.0128. The van der Waals surface area contributed by atoms with Gasteiger partial charge in [-0.1, -0.05) is 18.2 Å². The van der Waals surface area contributed by atoms with Crippen LogP contribution in [0.5, 0.6) is 0 Å². The zero-order valence-corrected chi connectivity index (χ0v) is 8.92. The predicted octanol–water partition coefficient (Wildman–Crippen LogP) is 2.69. The average molecular weight is 227 g/mol. The number of rotatable bonds is 1. The van der Waals surface area contributed by atoms with Crippen molar-refractivity contribution in [3.05, 3.63) is 44.0 Å². The number of nitrogens with zero attached hydrogens (tertiary/aromatic N) is 1. The Hall–Kier alpha value is -0.780. The van der Waals surface area contributed by atoms with E-state index in [4.69, 9.17) is 12.2 Å². The Morgan fingerprint density at radius 3 is 2.38 bits per heavy atom. The first-order valence-corrected chi connectivity index (χ1v) is 6.12. The molecule has 1 aromatic carbocycles. The molecule has 0 N–H and O–H groups in total. The molecule has 13 heavy (non-hydrogen) atoms. The van der Waals surface area contributed by atoms with E-state index in [0.29, 0.717) is 3.95 Å². The number of benzene rings is 1. The summed E-state index contributed by atoms with van der Waals surface area (Å²) in [6, 6.07) is 9.43. The predicted molar refractivity (Wildman–Crippen MR) is 58.6 cm³/mol. The van der Waals surface area contributed by atoms with Crippen LogP contribution >= 0.6 is 32.9 Å². The Morgan fingerprint density at radius 1 is 1.15 bits per heavy atom. The second kappa shape index (κ2) is 3.53. The first kappa shape index (κ1) is 8.80. The highest BCUT2D eigenvalue weighted by molar-refractivity contribution is 7.79. The van der Waals surface area contributed by atoms with Crippen molar-refractivity contribution in [2.24, 2.45) is 0 Å². The van der Waals surface area contributed by atoms with Crippen LogP contribution in [-0.2, 0) is 0 Å². The number of hydrogen-bond donors (Lipinski definition) is 0. The van der Waals surface area contributed by atoms with Crippen molar-refractivity contribution < 1.29 is 0 Å². The zero-order chi connectivity index (χ0) is 9.26. The Morgan fingerprint density at radius 2 is 1.85 bits per heavy atom. The summed E-state index contributed by atoms with van der Waals surface area (Å²) in [4.78, 5) is 11.4. The largest absolute Gasteiger partial charge is 0.323 e. The van der Waals surface area contributed by atoms with Crippen molar-refractivity contribution in [2.45, 2.75) is 0 Å². The van der Waals surface area contributed by atoms with E-state index < -0.39 is 0 Å². The highest BCUT2D eigenvalue weighted by Crippen LogP contribution is 2.11. The SMILES string of the molecule is O=c1ssc(=S)n1-c1ccccc1. The summed E-state index contributed by atoms with van der Waals surface area (Å²) in [5.41, 5.74) is 0.843. The molecular formula is C8H5NOS3. The molecule has 66 valence electrons. The minimum Gasteiger partial charge on any atom is -0.255 e. The Bertz CT molecular complexity index is 480. The molecule has 1 heterocycles. The normalized spacial score (nSPS) is 10.2. The van der Waals surface area contributed by atoms with Crippen LogP contribution in [0.25, 0.3) is 5.69 Å². The molecule has 2 nitrogen and oxygen atoms in total. The van der Waals surface area contributed by atoms with Crippen LogP contribution in [0.2, 0.25) is 0 Å². The molecule has 0 bridgehead atoms. The zero-order valence-electron chi connectivity index (χ0n) is 6.47. The molecule has 0 spiro atoms. The highest BCUT2D eigenvalue weighted by atomic mass is 32.9. The summed E-state index contributed by atoms with van der Waals surface area (Å²) in [6.45, 7) is 0. The molecule has 0 unspecified atom stereocenters. The van der Waals surface area contributed by atoms with Gasteiger partial charge in [0, 0.05) is 0 Å². The highest BCUT2D eigenvalue weighted by Gasteiger charge is 2.02. The first-order chi connectivity index (χ1) is 6.29. The maximum absolute atomic E-state index is 11.4. The smallest absolute Gasteiger partial charge is 0.255 e. The quantitative estimate of drug-likeness (QED) is 0.552. The van der Waals surface area contributed by atoms with Crippen LogP contribution in [0.1, 0.15) is 0 Å². The molecule has 0 amide bonds. The summed E-state index contributed by atoms with van der Waals surface area (Å²) >= 11 is 5.05. The van der Waals surface area contributed by atoms with Crippen molar-refractivity contribution in [3.63, 3.8) is 0 Å². The Kier molecular flexibility index (Phi) is 2.39. The Balaban J connectivity index is 2.73. The van der Waals surface area contributed by atoms with Gasteiger partial charge < -0.3 is 0 Å². The lowest BCUT2D eigenvalue weighted by Crippen LogP contribution is -2.09. The van der Waals surface area contributed by atoms with Crippen LogP contribution < -0.4 is 4.87 Å². The molecule has 0 atom stereocenters. The third kappa shape index (κ3) is 1.63. The minimum atomic E-state index is -0.0128. The molecule has 0 saturated carbocycles. The van der Waals surface area contributed by atoms with Crippen LogP contribution in [0.3, 0.4) is 0 Å². The topological polar surface area (TPSA) is 22.0 Å². The second-order valence-electron chi connectivity index (χ2n) is 2.37. The summed E-state index contributed by atoms with van der Waals surface area (Å²) < 4.78 is 2.16. The van der Waals surface area contributed by atoms with E-state index in [1.165, 1.54) is 20.7 Å². The van der Waals surface area contributed by atoms with Crippen LogP contribution in [0, 0.1) is 3.95 Å². The number of para-hydroxylation sites is 1. The van der Waals surface area contributed by atoms with Gasteiger partial charge in [-0.15, -0.1) is 0 Å².